The normalized spacial score (nSPS) is 31.4. The molecule has 1 aliphatic carbocycles. The van der Waals surface area contributed by atoms with Crippen LogP contribution in [0.2, 0.25) is 0 Å². The highest BCUT2D eigenvalue weighted by Gasteiger charge is 2.41. The summed E-state index contributed by atoms with van der Waals surface area (Å²) in [6, 6.07) is 0.0966. The van der Waals surface area contributed by atoms with E-state index in [-0.39, 0.29) is 17.3 Å². The topological polar surface area (TPSA) is 20.3 Å². The lowest BCUT2D eigenvalue weighted by molar-refractivity contribution is -0.137. The lowest BCUT2D eigenvalue weighted by Crippen LogP contribution is -2.46. The Bertz CT molecular complexity index is 303. The second-order valence-electron chi connectivity index (χ2n) is 4.77. The Morgan fingerprint density at radius 1 is 1.50 bits per heavy atom. The van der Waals surface area contributed by atoms with Crippen LogP contribution in [0.4, 0.5) is 4.39 Å². The summed E-state index contributed by atoms with van der Waals surface area (Å²) < 4.78 is 14.1. The minimum Gasteiger partial charge on any atom is -0.308 e. The summed E-state index contributed by atoms with van der Waals surface area (Å²) in [5.41, 5.74) is 0.933. The molecule has 4 heteroatoms. The Morgan fingerprint density at radius 2 is 2.19 bits per heavy atom. The molecule has 0 aromatic heterocycles. The van der Waals surface area contributed by atoms with Gasteiger partial charge < -0.3 is 4.90 Å². The quantitative estimate of drug-likeness (QED) is 0.435. The van der Waals surface area contributed by atoms with Crippen LogP contribution in [-0.2, 0) is 4.79 Å². The highest BCUT2D eigenvalue weighted by Crippen LogP contribution is 2.41. The van der Waals surface area contributed by atoms with Crippen molar-refractivity contribution in [1.82, 2.24) is 4.90 Å². The molecule has 2 rings (SSSR count). The number of hydrogen-bond donors (Lipinski definition) is 0. The van der Waals surface area contributed by atoms with E-state index in [0.29, 0.717) is 12.3 Å². The van der Waals surface area contributed by atoms with E-state index in [9.17, 15) is 9.18 Å². The molecule has 0 aromatic rings. The number of carbonyl (C=O) groups is 1. The van der Waals surface area contributed by atoms with Crippen LogP contribution in [0.5, 0.6) is 0 Å². The number of amides is 1. The van der Waals surface area contributed by atoms with Gasteiger partial charge >= 0.3 is 0 Å². The predicted octanol–water partition coefficient (Wildman–Crippen LogP) is 3.02. The van der Waals surface area contributed by atoms with Crippen LogP contribution >= 0.6 is 15.9 Å². The third-order valence-electron chi connectivity index (χ3n) is 3.48. The van der Waals surface area contributed by atoms with E-state index in [2.05, 4.69) is 22.5 Å². The molecular formula is C12H17BrFNO. The van der Waals surface area contributed by atoms with Gasteiger partial charge in [0.05, 0.1) is 5.33 Å². The zero-order valence-corrected chi connectivity index (χ0v) is 10.9. The molecule has 1 amide bonds. The average Bonchev–Trinajstić information content (AvgIpc) is 3.05. The second kappa shape index (κ2) is 4.86. The first-order chi connectivity index (χ1) is 7.63. The van der Waals surface area contributed by atoms with Gasteiger partial charge in [0.2, 0.25) is 5.91 Å². The Morgan fingerprint density at radius 3 is 2.75 bits per heavy atom. The van der Waals surface area contributed by atoms with Gasteiger partial charge in [-0.2, -0.15) is 0 Å². The van der Waals surface area contributed by atoms with Crippen molar-refractivity contribution in [2.75, 3.05) is 5.33 Å². The van der Waals surface area contributed by atoms with E-state index in [1.165, 1.54) is 4.90 Å². The van der Waals surface area contributed by atoms with Gasteiger partial charge in [-0.25, -0.2) is 4.39 Å². The maximum atomic E-state index is 14.1. The molecule has 1 saturated heterocycles. The van der Waals surface area contributed by atoms with Crippen molar-refractivity contribution >= 4 is 21.8 Å². The van der Waals surface area contributed by atoms with Gasteiger partial charge in [-0.05, 0) is 31.6 Å². The number of halogens is 2. The van der Waals surface area contributed by atoms with Crippen molar-refractivity contribution in [1.29, 1.82) is 0 Å². The first-order valence-electron chi connectivity index (χ1n) is 5.81. The van der Waals surface area contributed by atoms with E-state index >= 15 is 0 Å². The summed E-state index contributed by atoms with van der Waals surface area (Å²) >= 11 is 3.14. The van der Waals surface area contributed by atoms with Gasteiger partial charge in [0.1, 0.15) is 0 Å². The third kappa shape index (κ3) is 2.47. The van der Waals surface area contributed by atoms with Gasteiger partial charge in [-0.3, -0.25) is 4.79 Å². The lowest BCUT2D eigenvalue weighted by atomic mass is 10.0. The second-order valence-corrected chi connectivity index (χ2v) is 5.33. The van der Waals surface area contributed by atoms with Gasteiger partial charge in [0.25, 0.3) is 0 Å². The summed E-state index contributed by atoms with van der Waals surface area (Å²) in [5, 5.41) is 0.211. The Balaban J connectivity index is 2.17. The highest BCUT2D eigenvalue weighted by molar-refractivity contribution is 9.09. The summed E-state index contributed by atoms with van der Waals surface area (Å²) in [5.74, 6) is 0.395. The summed E-state index contributed by atoms with van der Waals surface area (Å²) in [6.07, 6.45) is 3.13. The average molecular weight is 290 g/mol. The molecule has 0 bridgehead atoms. The Kier molecular flexibility index (Phi) is 3.67. The molecule has 0 N–H and O–H groups in total. The van der Waals surface area contributed by atoms with E-state index in [1.54, 1.807) is 0 Å². The molecule has 1 aliphatic heterocycles. The molecule has 2 nitrogen and oxygen atoms in total. The van der Waals surface area contributed by atoms with Crippen LogP contribution in [0.3, 0.4) is 0 Å². The molecule has 0 aromatic carbocycles. The van der Waals surface area contributed by atoms with Crippen molar-refractivity contribution in [3.05, 3.63) is 12.2 Å². The monoisotopic (exact) mass is 289 g/mol. The van der Waals surface area contributed by atoms with E-state index < -0.39 is 6.30 Å². The fraction of sp³-hybridized carbons (Fsp3) is 0.750. The van der Waals surface area contributed by atoms with Crippen molar-refractivity contribution in [2.45, 2.75) is 44.4 Å². The molecule has 16 heavy (non-hydrogen) atoms. The summed E-state index contributed by atoms with van der Waals surface area (Å²) in [4.78, 5) is 13.3. The Labute approximate surface area is 104 Å². The minimum absolute atomic E-state index is 0.0966. The lowest BCUT2D eigenvalue weighted by Gasteiger charge is -2.32. The van der Waals surface area contributed by atoms with Crippen LogP contribution in [0.1, 0.15) is 32.1 Å². The number of nitrogens with zero attached hydrogens (tertiary/aromatic N) is 1. The van der Waals surface area contributed by atoms with Gasteiger partial charge in [-0.1, -0.05) is 28.1 Å². The first-order valence-corrected chi connectivity index (χ1v) is 6.93. The van der Waals surface area contributed by atoms with Crippen molar-refractivity contribution < 1.29 is 9.18 Å². The smallest absolute Gasteiger partial charge is 0.235 e. The van der Waals surface area contributed by atoms with Crippen LogP contribution in [0, 0.1) is 5.92 Å². The van der Waals surface area contributed by atoms with Crippen LogP contribution in [-0.4, -0.2) is 28.5 Å². The molecular weight excluding hydrogens is 273 g/mol. The summed E-state index contributed by atoms with van der Waals surface area (Å²) in [7, 11) is 0. The molecule has 1 saturated carbocycles. The van der Waals surface area contributed by atoms with Gasteiger partial charge in [0.15, 0.2) is 6.30 Å². The minimum atomic E-state index is -1.18. The first kappa shape index (κ1) is 12.1. The largest absolute Gasteiger partial charge is 0.308 e. The Hall–Kier alpha value is -0.380. The maximum Gasteiger partial charge on any atom is 0.235 e. The molecule has 1 heterocycles. The number of hydrogen-bond acceptors (Lipinski definition) is 1. The molecule has 0 spiro atoms. The van der Waals surface area contributed by atoms with Crippen molar-refractivity contribution in [3.63, 3.8) is 0 Å². The van der Waals surface area contributed by atoms with Crippen LogP contribution in [0.15, 0.2) is 12.2 Å². The molecule has 2 aliphatic rings. The number of likely N-dealkylation sites (tertiary alicyclic amines) is 1. The molecule has 0 radical (unpaired) electrons. The fourth-order valence-electron chi connectivity index (χ4n) is 2.49. The maximum absolute atomic E-state index is 14.1. The zero-order chi connectivity index (χ0) is 11.7. The molecule has 2 atom stereocenters. The molecule has 2 unspecified atom stereocenters. The number of rotatable bonds is 2. The van der Waals surface area contributed by atoms with E-state index in [0.717, 1.165) is 31.3 Å². The standard InChI is InChI=1S/C12H17BrFNO/c1-8-2-5-10(9-3-4-9)15(11(14)6-8)12(16)7-13/h9-11H,1-7H2. The van der Waals surface area contributed by atoms with Crippen molar-refractivity contribution in [3.8, 4) is 0 Å². The van der Waals surface area contributed by atoms with Gasteiger partial charge in [0, 0.05) is 12.5 Å². The predicted molar refractivity (Wildman–Crippen MR) is 65.0 cm³/mol. The van der Waals surface area contributed by atoms with E-state index in [1.807, 2.05) is 0 Å². The third-order valence-corrected chi connectivity index (χ3v) is 3.96. The zero-order valence-electron chi connectivity index (χ0n) is 9.29. The number of alkyl halides is 2. The van der Waals surface area contributed by atoms with Crippen LogP contribution in [0.25, 0.3) is 0 Å². The molecule has 90 valence electrons. The van der Waals surface area contributed by atoms with Crippen LogP contribution < -0.4 is 0 Å². The summed E-state index contributed by atoms with van der Waals surface area (Å²) in [6.45, 7) is 3.87. The highest BCUT2D eigenvalue weighted by atomic mass is 79.9. The van der Waals surface area contributed by atoms with E-state index in [4.69, 9.17) is 0 Å². The fourth-order valence-corrected chi connectivity index (χ4v) is 2.78. The SMILES string of the molecule is C=C1CCC(C2CC2)N(C(=O)CBr)C(F)C1. The van der Waals surface area contributed by atoms with Gasteiger partial charge in [-0.15, -0.1) is 0 Å². The van der Waals surface area contributed by atoms with Crippen molar-refractivity contribution in [2.24, 2.45) is 5.92 Å². The number of carbonyl (C=O) groups excluding carboxylic acids is 1. The molecule has 2 fully saturated rings.